The Kier molecular flexibility index (Phi) is 4.67. The summed E-state index contributed by atoms with van der Waals surface area (Å²) in [6.07, 6.45) is 2.40. The van der Waals surface area contributed by atoms with Gasteiger partial charge < -0.3 is 4.90 Å². The van der Waals surface area contributed by atoms with Crippen LogP contribution in [0.25, 0.3) is 0 Å². The van der Waals surface area contributed by atoms with Crippen molar-refractivity contribution < 1.29 is 9.18 Å². The van der Waals surface area contributed by atoms with Crippen LogP contribution < -0.4 is 0 Å². The Labute approximate surface area is 140 Å². The van der Waals surface area contributed by atoms with E-state index in [-0.39, 0.29) is 17.8 Å². The summed E-state index contributed by atoms with van der Waals surface area (Å²) in [5, 5.41) is 0.691. The second-order valence-electron chi connectivity index (χ2n) is 6.06. The zero-order valence-corrected chi connectivity index (χ0v) is 13.8. The molecule has 23 heavy (non-hydrogen) atoms. The fraction of sp³-hybridized carbons (Fsp3) is 0.316. The molecule has 4 heteroatoms. The maximum Gasteiger partial charge on any atom is 0.227 e. The van der Waals surface area contributed by atoms with Crippen molar-refractivity contribution in [3.8, 4) is 0 Å². The Morgan fingerprint density at radius 2 is 1.78 bits per heavy atom. The highest BCUT2D eigenvalue weighted by molar-refractivity contribution is 6.30. The van der Waals surface area contributed by atoms with E-state index in [0.29, 0.717) is 17.5 Å². The second kappa shape index (κ2) is 6.71. The van der Waals surface area contributed by atoms with Gasteiger partial charge in [-0.15, -0.1) is 0 Å². The van der Waals surface area contributed by atoms with E-state index in [0.717, 1.165) is 24.0 Å². The van der Waals surface area contributed by atoms with Crippen molar-refractivity contribution in [2.45, 2.75) is 38.3 Å². The molecule has 0 radical (unpaired) electrons. The molecule has 1 saturated carbocycles. The molecule has 0 bridgehead atoms. The number of carbonyl (C=O) groups excluding carboxylic acids is 1. The third kappa shape index (κ3) is 3.91. The van der Waals surface area contributed by atoms with E-state index < -0.39 is 0 Å². The molecule has 0 heterocycles. The highest BCUT2D eigenvalue weighted by Crippen LogP contribution is 2.35. The van der Waals surface area contributed by atoms with Gasteiger partial charge in [-0.2, -0.15) is 0 Å². The van der Waals surface area contributed by atoms with Crippen molar-refractivity contribution in [1.82, 2.24) is 4.90 Å². The van der Waals surface area contributed by atoms with Gasteiger partial charge in [0.25, 0.3) is 0 Å². The lowest BCUT2D eigenvalue weighted by molar-refractivity contribution is -0.133. The molecule has 1 amide bonds. The standard InChI is InChI=1S/C19H19ClFNO/c1-13(15-4-6-16(20)7-5-15)22(18-10-11-18)19(23)12-14-2-8-17(21)9-3-14/h2-9,13,18H,10-12H2,1H3. The lowest BCUT2D eigenvalue weighted by Gasteiger charge is -2.30. The zero-order chi connectivity index (χ0) is 16.4. The van der Waals surface area contributed by atoms with Gasteiger partial charge >= 0.3 is 0 Å². The Bertz CT molecular complexity index is 680. The van der Waals surface area contributed by atoms with Gasteiger partial charge in [-0.3, -0.25) is 4.79 Å². The normalized spacial score (nSPS) is 15.3. The van der Waals surface area contributed by atoms with Crippen LogP contribution in [0.1, 0.15) is 36.9 Å². The average Bonchev–Trinajstić information content (AvgIpc) is 3.35. The average molecular weight is 332 g/mol. The molecule has 1 fully saturated rings. The molecular weight excluding hydrogens is 313 g/mol. The van der Waals surface area contributed by atoms with Crippen molar-refractivity contribution in [2.75, 3.05) is 0 Å². The fourth-order valence-electron chi connectivity index (χ4n) is 2.86. The quantitative estimate of drug-likeness (QED) is 0.772. The van der Waals surface area contributed by atoms with E-state index >= 15 is 0 Å². The van der Waals surface area contributed by atoms with Gasteiger partial charge in [0.15, 0.2) is 0 Å². The molecule has 2 nitrogen and oxygen atoms in total. The smallest absolute Gasteiger partial charge is 0.227 e. The van der Waals surface area contributed by atoms with Gasteiger partial charge in [-0.1, -0.05) is 35.9 Å². The van der Waals surface area contributed by atoms with Gasteiger partial charge in [0, 0.05) is 11.1 Å². The van der Waals surface area contributed by atoms with E-state index in [4.69, 9.17) is 11.6 Å². The highest BCUT2D eigenvalue weighted by Gasteiger charge is 2.36. The van der Waals surface area contributed by atoms with Gasteiger partial charge in [0.05, 0.1) is 12.5 Å². The maximum atomic E-state index is 13.0. The molecule has 0 spiro atoms. The van der Waals surface area contributed by atoms with Crippen molar-refractivity contribution in [1.29, 1.82) is 0 Å². The molecule has 2 aromatic carbocycles. The molecule has 0 aromatic heterocycles. The summed E-state index contributed by atoms with van der Waals surface area (Å²) in [6, 6.07) is 14.1. The third-order valence-corrected chi connectivity index (χ3v) is 4.52. The molecule has 1 aliphatic rings. The van der Waals surface area contributed by atoms with Gasteiger partial charge in [0.2, 0.25) is 5.91 Å². The minimum absolute atomic E-state index is 0.00714. The van der Waals surface area contributed by atoms with Crippen LogP contribution in [0.4, 0.5) is 4.39 Å². The Morgan fingerprint density at radius 3 is 2.35 bits per heavy atom. The SMILES string of the molecule is CC(c1ccc(Cl)cc1)N(C(=O)Cc1ccc(F)cc1)C1CC1. The van der Waals surface area contributed by atoms with Crippen molar-refractivity contribution >= 4 is 17.5 Å². The molecule has 0 aliphatic heterocycles. The molecule has 120 valence electrons. The Balaban J connectivity index is 1.76. The molecule has 1 aliphatic carbocycles. The summed E-state index contributed by atoms with van der Waals surface area (Å²) in [6.45, 7) is 2.05. The first kappa shape index (κ1) is 16.0. The number of benzene rings is 2. The van der Waals surface area contributed by atoms with Crippen LogP contribution in [0.5, 0.6) is 0 Å². The summed E-state index contributed by atoms with van der Waals surface area (Å²) in [7, 11) is 0. The largest absolute Gasteiger partial charge is 0.333 e. The van der Waals surface area contributed by atoms with Crippen LogP contribution in [-0.2, 0) is 11.2 Å². The minimum atomic E-state index is -0.283. The minimum Gasteiger partial charge on any atom is -0.333 e. The number of amides is 1. The van der Waals surface area contributed by atoms with Gasteiger partial charge in [-0.25, -0.2) is 4.39 Å². The first-order valence-corrected chi connectivity index (χ1v) is 8.23. The molecule has 2 aromatic rings. The van der Waals surface area contributed by atoms with E-state index in [2.05, 4.69) is 0 Å². The molecular formula is C19H19ClFNO. The third-order valence-electron chi connectivity index (χ3n) is 4.27. The molecule has 0 saturated heterocycles. The number of nitrogens with zero attached hydrogens (tertiary/aromatic N) is 1. The summed E-state index contributed by atoms with van der Waals surface area (Å²) in [5.74, 6) is -0.198. The van der Waals surface area contributed by atoms with E-state index in [1.54, 1.807) is 12.1 Å². The van der Waals surface area contributed by atoms with Crippen molar-refractivity contribution in [2.24, 2.45) is 0 Å². The lowest BCUT2D eigenvalue weighted by atomic mass is 10.0. The monoisotopic (exact) mass is 331 g/mol. The summed E-state index contributed by atoms with van der Waals surface area (Å²) in [4.78, 5) is 14.7. The zero-order valence-electron chi connectivity index (χ0n) is 13.0. The van der Waals surface area contributed by atoms with Crippen LogP contribution in [0.3, 0.4) is 0 Å². The summed E-state index contributed by atoms with van der Waals surface area (Å²) >= 11 is 5.94. The van der Waals surface area contributed by atoms with Crippen LogP contribution >= 0.6 is 11.6 Å². The van der Waals surface area contributed by atoms with Crippen LogP contribution in [-0.4, -0.2) is 16.8 Å². The summed E-state index contributed by atoms with van der Waals surface area (Å²) < 4.78 is 13.0. The van der Waals surface area contributed by atoms with Gasteiger partial charge in [0.1, 0.15) is 5.82 Å². The van der Waals surface area contributed by atoms with E-state index in [1.165, 1.54) is 12.1 Å². The first-order chi connectivity index (χ1) is 11.0. The van der Waals surface area contributed by atoms with Crippen LogP contribution in [0.15, 0.2) is 48.5 Å². The van der Waals surface area contributed by atoms with E-state index in [9.17, 15) is 9.18 Å². The van der Waals surface area contributed by atoms with Crippen LogP contribution in [0.2, 0.25) is 5.02 Å². The molecule has 3 rings (SSSR count). The predicted octanol–water partition coefficient (Wildman–Crippen LogP) is 4.77. The van der Waals surface area contributed by atoms with Crippen LogP contribution in [0, 0.1) is 5.82 Å². The highest BCUT2D eigenvalue weighted by atomic mass is 35.5. The Hall–Kier alpha value is -1.87. The van der Waals surface area contributed by atoms with Gasteiger partial charge in [-0.05, 0) is 55.2 Å². The number of hydrogen-bond acceptors (Lipinski definition) is 1. The number of carbonyl (C=O) groups is 1. The summed E-state index contributed by atoms with van der Waals surface area (Å²) in [5.41, 5.74) is 1.92. The van der Waals surface area contributed by atoms with E-state index in [1.807, 2.05) is 36.1 Å². The maximum absolute atomic E-state index is 13.0. The first-order valence-electron chi connectivity index (χ1n) is 7.85. The Morgan fingerprint density at radius 1 is 1.17 bits per heavy atom. The number of hydrogen-bond donors (Lipinski definition) is 0. The molecule has 1 unspecified atom stereocenters. The number of rotatable bonds is 5. The lowest BCUT2D eigenvalue weighted by Crippen LogP contribution is -2.36. The van der Waals surface area contributed by atoms with Crippen molar-refractivity contribution in [3.63, 3.8) is 0 Å². The second-order valence-corrected chi connectivity index (χ2v) is 6.50. The predicted molar refractivity (Wildman–Crippen MR) is 89.8 cm³/mol. The number of halogens is 2. The van der Waals surface area contributed by atoms with Crippen molar-refractivity contribution in [3.05, 3.63) is 70.5 Å². The molecule has 1 atom stereocenters. The topological polar surface area (TPSA) is 20.3 Å². The fourth-order valence-corrected chi connectivity index (χ4v) is 2.98. The molecule has 0 N–H and O–H groups in total.